The van der Waals surface area contributed by atoms with Crippen LogP contribution >= 0.6 is 0 Å². The van der Waals surface area contributed by atoms with Gasteiger partial charge in [0.15, 0.2) is 9.84 Å². The summed E-state index contributed by atoms with van der Waals surface area (Å²) in [6.45, 7) is 13.2. The molecule has 0 saturated carbocycles. The van der Waals surface area contributed by atoms with Crippen LogP contribution in [0.4, 0.5) is 0 Å². The predicted octanol–water partition coefficient (Wildman–Crippen LogP) is 3.65. The molecule has 0 amide bonds. The normalized spacial score (nSPS) is 13.7. The fraction of sp³-hybridized carbons (Fsp3) is 0.500. The van der Waals surface area contributed by atoms with Crippen molar-refractivity contribution in [1.29, 1.82) is 0 Å². The molecule has 1 atom stereocenters. The third kappa shape index (κ3) is 8.47. The van der Waals surface area contributed by atoms with Crippen molar-refractivity contribution < 1.29 is 13.2 Å². The van der Waals surface area contributed by atoms with Gasteiger partial charge in [0.25, 0.3) is 0 Å². The largest absolute Gasteiger partial charge is 0.377 e. The van der Waals surface area contributed by atoms with Crippen molar-refractivity contribution in [2.45, 2.75) is 31.8 Å². The molecule has 0 fully saturated rings. The maximum absolute atomic E-state index is 11.9. The van der Waals surface area contributed by atoms with Crippen LogP contribution < -0.4 is 0 Å². The molecule has 0 radical (unpaired) electrons. The van der Waals surface area contributed by atoms with E-state index in [0.717, 1.165) is 25.2 Å². The quantitative estimate of drug-likeness (QED) is 0.562. The minimum absolute atomic E-state index is 0.218. The average Bonchev–Trinajstić information content (AvgIpc) is 2.53. The van der Waals surface area contributed by atoms with Crippen LogP contribution in [0.1, 0.15) is 26.3 Å². The van der Waals surface area contributed by atoms with Gasteiger partial charge in [0, 0.05) is 25.9 Å². The molecule has 1 aromatic rings. The van der Waals surface area contributed by atoms with Gasteiger partial charge in [0.2, 0.25) is 0 Å². The van der Waals surface area contributed by atoms with Gasteiger partial charge >= 0.3 is 0 Å². The van der Waals surface area contributed by atoms with Crippen molar-refractivity contribution in [3.8, 4) is 0 Å². The number of sulfone groups is 1. The van der Waals surface area contributed by atoms with Crippen molar-refractivity contribution >= 4 is 15.9 Å². The highest BCUT2D eigenvalue weighted by Crippen LogP contribution is 2.16. The van der Waals surface area contributed by atoms with Crippen molar-refractivity contribution in [1.82, 2.24) is 4.90 Å². The van der Waals surface area contributed by atoms with Crippen LogP contribution in [0.3, 0.4) is 0 Å². The van der Waals surface area contributed by atoms with Crippen molar-refractivity contribution in [3.63, 3.8) is 0 Å². The molecule has 0 aliphatic carbocycles. The van der Waals surface area contributed by atoms with Gasteiger partial charge in [-0.1, -0.05) is 43.4 Å². The summed E-state index contributed by atoms with van der Waals surface area (Å²) in [5, 5.41) is 0. The summed E-state index contributed by atoms with van der Waals surface area (Å²) in [5.74, 6) is 0.385. The lowest BCUT2D eigenvalue weighted by Crippen LogP contribution is -2.32. The summed E-state index contributed by atoms with van der Waals surface area (Å²) in [5.41, 5.74) is 0.722. The van der Waals surface area contributed by atoms with Crippen molar-refractivity contribution in [2.75, 3.05) is 32.5 Å². The van der Waals surface area contributed by atoms with Gasteiger partial charge in [-0.3, -0.25) is 4.90 Å². The Morgan fingerprint density at radius 3 is 2.52 bits per heavy atom. The Bertz CT molecular complexity index is 665. The van der Waals surface area contributed by atoms with Gasteiger partial charge in [0.1, 0.15) is 0 Å². The monoisotopic (exact) mass is 365 g/mol. The Morgan fingerprint density at radius 1 is 1.24 bits per heavy atom. The second-order valence-electron chi connectivity index (χ2n) is 6.60. The lowest BCUT2D eigenvalue weighted by Gasteiger charge is -2.23. The molecule has 1 rings (SSSR count). The zero-order valence-electron chi connectivity index (χ0n) is 15.8. The molecule has 0 aliphatic rings. The maximum Gasteiger partial charge on any atom is 0.176 e. The number of ether oxygens (including phenoxy) is 1. The first-order valence-electron chi connectivity index (χ1n) is 8.66. The predicted molar refractivity (Wildman–Crippen MR) is 105 cm³/mol. The Hall–Kier alpha value is -1.43. The molecule has 0 spiro atoms. The molecule has 0 aromatic heterocycles. The first kappa shape index (κ1) is 21.6. The lowest BCUT2D eigenvalue weighted by atomic mass is 10.1. The first-order valence-corrected chi connectivity index (χ1v) is 10.5. The van der Waals surface area contributed by atoms with Crippen LogP contribution in [0.15, 0.2) is 47.9 Å². The van der Waals surface area contributed by atoms with Gasteiger partial charge in [-0.05, 0) is 31.4 Å². The minimum Gasteiger partial charge on any atom is -0.377 e. The third-order valence-electron chi connectivity index (χ3n) is 3.79. The molecule has 0 saturated heterocycles. The summed E-state index contributed by atoms with van der Waals surface area (Å²) in [4.78, 5) is 2.65. The first-order chi connectivity index (χ1) is 11.7. The number of hydrogen-bond acceptors (Lipinski definition) is 4. The summed E-state index contributed by atoms with van der Waals surface area (Å²) < 4.78 is 29.4. The molecular formula is C20H31NO3S. The molecule has 0 heterocycles. The summed E-state index contributed by atoms with van der Waals surface area (Å²) in [6, 6.07) is 7.06. The molecule has 1 unspecified atom stereocenters. The third-order valence-corrected chi connectivity index (χ3v) is 4.96. The van der Waals surface area contributed by atoms with E-state index >= 15 is 0 Å². The van der Waals surface area contributed by atoms with E-state index in [-0.39, 0.29) is 6.10 Å². The van der Waals surface area contributed by atoms with E-state index in [9.17, 15) is 8.42 Å². The molecule has 0 bridgehead atoms. The SMILES string of the molecule is C=CC(C)CN(C/C=C\c1ccccc1S(C)(=O)=O)CCOC(C)C. The van der Waals surface area contributed by atoms with E-state index in [1.54, 1.807) is 12.1 Å². The molecule has 1 aromatic carbocycles. The van der Waals surface area contributed by atoms with Gasteiger partial charge in [0.05, 0.1) is 17.6 Å². The fourth-order valence-corrected chi connectivity index (χ4v) is 3.33. The zero-order chi connectivity index (χ0) is 18.9. The molecule has 4 nitrogen and oxygen atoms in total. The lowest BCUT2D eigenvalue weighted by molar-refractivity contribution is 0.0598. The summed E-state index contributed by atoms with van der Waals surface area (Å²) in [6.07, 6.45) is 7.29. The van der Waals surface area contributed by atoms with E-state index in [2.05, 4.69) is 18.4 Å². The van der Waals surface area contributed by atoms with E-state index in [4.69, 9.17) is 4.74 Å². The van der Waals surface area contributed by atoms with E-state index in [1.807, 2.05) is 44.2 Å². The second kappa shape index (κ2) is 10.5. The van der Waals surface area contributed by atoms with Crippen LogP contribution in [0.25, 0.3) is 6.08 Å². The Labute approximate surface area is 153 Å². The van der Waals surface area contributed by atoms with E-state index in [0.29, 0.717) is 17.4 Å². The Morgan fingerprint density at radius 2 is 1.92 bits per heavy atom. The number of benzene rings is 1. The molecule has 140 valence electrons. The number of nitrogens with zero attached hydrogens (tertiary/aromatic N) is 1. The van der Waals surface area contributed by atoms with Gasteiger partial charge in [-0.25, -0.2) is 8.42 Å². The summed E-state index contributed by atoms with van der Waals surface area (Å²) >= 11 is 0. The smallest absolute Gasteiger partial charge is 0.176 e. The van der Waals surface area contributed by atoms with Crippen LogP contribution in [0.2, 0.25) is 0 Å². The Kier molecular flexibility index (Phi) is 9.11. The molecule has 5 heteroatoms. The number of rotatable bonds is 11. The van der Waals surface area contributed by atoms with Gasteiger partial charge < -0.3 is 4.74 Å². The molecule has 0 N–H and O–H groups in total. The second-order valence-corrected chi connectivity index (χ2v) is 8.59. The maximum atomic E-state index is 11.9. The zero-order valence-corrected chi connectivity index (χ0v) is 16.6. The fourth-order valence-electron chi connectivity index (χ4n) is 2.44. The summed E-state index contributed by atoms with van der Waals surface area (Å²) in [7, 11) is -3.23. The topological polar surface area (TPSA) is 46.6 Å². The van der Waals surface area contributed by atoms with Crippen molar-refractivity contribution in [2.24, 2.45) is 5.92 Å². The van der Waals surface area contributed by atoms with Gasteiger partial charge in [-0.2, -0.15) is 0 Å². The standard InChI is InChI=1S/C20H31NO3S/c1-6-18(4)16-21(14-15-24-17(2)3)13-9-11-19-10-7-8-12-20(19)25(5,22)23/h6-12,17-18H,1,13-16H2,2-5H3/b11-9-. The van der Waals surface area contributed by atoms with E-state index < -0.39 is 9.84 Å². The highest BCUT2D eigenvalue weighted by Gasteiger charge is 2.11. The van der Waals surface area contributed by atoms with Crippen LogP contribution in [0.5, 0.6) is 0 Å². The molecule has 25 heavy (non-hydrogen) atoms. The highest BCUT2D eigenvalue weighted by molar-refractivity contribution is 7.90. The minimum atomic E-state index is -3.23. The van der Waals surface area contributed by atoms with Crippen LogP contribution in [-0.2, 0) is 14.6 Å². The van der Waals surface area contributed by atoms with Crippen LogP contribution in [-0.4, -0.2) is 51.9 Å². The van der Waals surface area contributed by atoms with E-state index in [1.165, 1.54) is 6.26 Å². The average molecular weight is 366 g/mol. The van der Waals surface area contributed by atoms with Gasteiger partial charge in [-0.15, -0.1) is 6.58 Å². The highest BCUT2D eigenvalue weighted by atomic mass is 32.2. The van der Waals surface area contributed by atoms with Crippen molar-refractivity contribution in [3.05, 3.63) is 48.6 Å². The molecular weight excluding hydrogens is 334 g/mol. The molecule has 0 aliphatic heterocycles. The van der Waals surface area contributed by atoms with Crippen LogP contribution in [0, 0.1) is 5.92 Å². The number of hydrogen-bond donors (Lipinski definition) is 0. The Balaban J connectivity index is 2.77.